The van der Waals surface area contributed by atoms with Gasteiger partial charge in [0.15, 0.2) is 0 Å². The van der Waals surface area contributed by atoms with Crippen LogP contribution >= 0.6 is 0 Å². The summed E-state index contributed by atoms with van der Waals surface area (Å²) >= 11 is 0. The summed E-state index contributed by atoms with van der Waals surface area (Å²) in [5.74, 6) is 0. The van der Waals surface area contributed by atoms with Crippen molar-refractivity contribution in [2.45, 2.75) is 24.8 Å². The average molecular weight is 302 g/mol. The quantitative estimate of drug-likeness (QED) is 0.945. The van der Waals surface area contributed by atoms with Gasteiger partial charge in [0.05, 0.1) is 10.6 Å². The smallest absolute Gasteiger partial charge is 0.264 e. The fourth-order valence-corrected chi connectivity index (χ4v) is 4.33. The molecule has 110 valence electrons. The van der Waals surface area contributed by atoms with Crippen LogP contribution in [0.15, 0.2) is 47.4 Å². The predicted molar refractivity (Wildman–Crippen MR) is 83.7 cm³/mol. The fraction of sp³-hybridized carbons (Fsp3) is 0.250. The molecule has 0 saturated heterocycles. The molecule has 0 spiro atoms. The number of hydrogen-bond donors (Lipinski definition) is 1. The number of anilines is 1. The summed E-state index contributed by atoms with van der Waals surface area (Å²) in [6, 6.07) is 12.8. The Kier molecular flexibility index (Phi) is 3.47. The number of hydrogen-bond acceptors (Lipinski definition) is 3. The van der Waals surface area contributed by atoms with Crippen LogP contribution in [0, 0.1) is 6.92 Å². The number of aryl methyl sites for hydroxylation is 1. The number of fused-ring (bicyclic) bond motifs is 1. The SMILES string of the molecule is Cc1cc(S(=O)(=O)N2CCc3ccccc32)ccc1CN. The topological polar surface area (TPSA) is 63.4 Å². The minimum absolute atomic E-state index is 0.328. The second-order valence-electron chi connectivity index (χ2n) is 5.25. The first-order valence-electron chi connectivity index (χ1n) is 6.94. The van der Waals surface area contributed by atoms with Crippen molar-refractivity contribution in [3.05, 3.63) is 59.2 Å². The maximum Gasteiger partial charge on any atom is 0.264 e. The Labute approximate surface area is 125 Å². The molecule has 0 unspecified atom stereocenters. The van der Waals surface area contributed by atoms with Gasteiger partial charge in [-0.05, 0) is 48.2 Å². The van der Waals surface area contributed by atoms with Gasteiger partial charge >= 0.3 is 0 Å². The molecule has 2 aromatic carbocycles. The lowest BCUT2D eigenvalue weighted by molar-refractivity contribution is 0.592. The lowest BCUT2D eigenvalue weighted by Gasteiger charge is -2.20. The third-order valence-electron chi connectivity index (χ3n) is 3.97. The molecule has 0 aromatic heterocycles. The van der Waals surface area contributed by atoms with Crippen LogP contribution in [0.5, 0.6) is 0 Å². The number of nitrogens with two attached hydrogens (primary N) is 1. The third kappa shape index (κ3) is 2.32. The van der Waals surface area contributed by atoms with Crippen LogP contribution in [-0.2, 0) is 23.0 Å². The molecule has 1 heterocycles. The van der Waals surface area contributed by atoms with E-state index < -0.39 is 10.0 Å². The molecular weight excluding hydrogens is 284 g/mol. The standard InChI is InChI=1S/C16H18N2O2S/c1-12-10-15(7-6-14(12)11-17)21(19,20)18-9-8-13-4-2-3-5-16(13)18/h2-7,10H,8-9,11,17H2,1H3. The molecule has 0 radical (unpaired) electrons. The normalized spacial score (nSPS) is 14.3. The van der Waals surface area contributed by atoms with Gasteiger partial charge in [0, 0.05) is 13.1 Å². The molecule has 3 rings (SSSR count). The summed E-state index contributed by atoms with van der Waals surface area (Å²) in [6.45, 7) is 2.80. The molecule has 21 heavy (non-hydrogen) atoms. The van der Waals surface area contributed by atoms with Crippen LogP contribution in [-0.4, -0.2) is 15.0 Å². The Morgan fingerprint density at radius 3 is 2.67 bits per heavy atom. The van der Waals surface area contributed by atoms with Crippen LogP contribution in [0.3, 0.4) is 0 Å². The minimum atomic E-state index is -3.51. The molecule has 1 aliphatic rings. The number of rotatable bonds is 3. The van der Waals surface area contributed by atoms with E-state index in [-0.39, 0.29) is 0 Å². The number of para-hydroxylation sites is 1. The van der Waals surface area contributed by atoms with Crippen molar-refractivity contribution < 1.29 is 8.42 Å². The molecule has 2 aromatic rings. The van der Waals surface area contributed by atoms with Gasteiger partial charge in [-0.2, -0.15) is 0 Å². The highest BCUT2D eigenvalue weighted by atomic mass is 32.2. The van der Waals surface area contributed by atoms with Gasteiger partial charge in [0.2, 0.25) is 0 Å². The lowest BCUT2D eigenvalue weighted by atomic mass is 10.1. The largest absolute Gasteiger partial charge is 0.326 e. The zero-order chi connectivity index (χ0) is 15.0. The highest BCUT2D eigenvalue weighted by Crippen LogP contribution is 2.32. The van der Waals surface area contributed by atoms with E-state index in [1.165, 1.54) is 4.31 Å². The Hall–Kier alpha value is -1.85. The molecule has 1 aliphatic heterocycles. The van der Waals surface area contributed by atoms with Crippen molar-refractivity contribution in [1.29, 1.82) is 0 Å². The molecule has 0 bridgehead atoms. The second kappa shape index (κ2) is 5.16. The van der Waals surface area contributed by atoms with Crippen molar-refractivity contribution in [3.8, 4) is 0 Å². The summed E-state index contributed by atoms with van der Waals surface area (Å²) in [7, 11) is -3.51. The summed E-state index contributed by atoms with van der Waals surface area (Å²) in [6.07, 6.45) is 0.759. The molecule has 2 N–H and O–H groups in total. The highest BCUT2D eigenvalue weighted by Gasteiger charge is 2.30. The van der Waals surface area contributed by atoms with Gasteiger partial charge in [-0.3, -0.25) is 4.31 Å². The lowest BCUT2D eigenvalue weighted by Crippen LogP contribution is -2.29. The van der Waals surface area contributed by atoms with Crippen molar-refractivity contribution in [2.24, 2.45) is 5.73 Å². The van der Waals surface area contributed by atoms with Crippen LogP contribution in [0.25, 0.3) is 0 Å². The van der Waals surface area contributed by atoms with Gasteiger partial charge < -0.3 is 5.73 Å². The van der Waals surface area contributed by atoms with E-state index in [4.69, 9.17) is 5.73 Å². The number of nitrogens with zero attached hydrogens (tertiary/aromatic N) is 1. The van der Waals surface area contributed by atoms with E-state index in [1.807, 2.05) is 31.2 Å². The van der Waals surface area contributed by atoms with Gasteiger partial charge in [-0.25, -0.2) is 8.42 Å². The molecule has 0 saturated carbocycles. The van der Waals surface area contributed by atoms with Crippen molar-refractivity contribution in [1.82, 2.24) is 0 Å². The van der Waals surface area contributed by atoms with Crippen molar-refractivity contribution >= 4 is 15.7 Å². The summed E-state index contributed by atoms with van der Waals surface area (Å²) in [5.41, 5.74) is 9.38. The first-order valence-corrected chi connectivity index (χ1v) is 8.38. The highest BCUT2D eigenvalue weighted by molar-refractivity contribution is 7.92. The summed E-state index contributed by atoms with van der Waals surface area (Å²) in [4.78, 5) is 0.328. The van der Waals surface area contributed by atoms with Crippen LogP contribution < -0.4 is 10.0 Å². The van der Waals surface area contributed by atoms with E-state index in [9.17, 15) is 8.42 Å². The molecular formula is C16H18N2O2S. The van der Waals surface area contributed by atoms with Crippen LogP contribution in [0.4, 0.5) is 5.69 Å². The van der Waals surface area contributed by atoms with Crippen LogP contribution in [0.2, 0.25) is 0 Å². The van der Waals surface area contributed by atoms with E-state index in [2.05, 4.69) is 0 Å². The predicted octanol–water partition coefficient (Wildman–Crippen LogP) is 2.21. The average Bonchev–Trinajstić information content (AvgIpc) is 2.91. The molecule has 0 atom stereocenters. The molecule has 4 nitrogen and oxygen atoms in total. The Bertz CT molecular complexity index is 785. The molecule has 0 amide bonds. The first kappa shape index (κ1) is 14.1. The Morgan fingerprint density at radius 1 is 1.19 bits per heavy atom. The maximum atomic E-state index is 12.8. The first-order chi connectivity index (χ1) is 10.0. The zero-order valence-corrected chi connectivity index (χ0v) is 12.7. The van der Waals surface area contributed by atoms with E-state index in [1.54, 1.807) is 18.2 Å². The number of sulfonamides is 1. The summed E-state index contributed by atoms with van der Waals surface area (Å²) < 4.78 is 27.2. The Balaban J connectivity index is 2.04. The number of benzene rings is 2. The summed E-state index contributed by atoms with van der Waals surface area (Å²) in [5, 5.41) is 0. The molecule has 0 aliphatic carbocycles. The van der Waals surface area contributed by atoms with Gasteiger partial charge in [-0.15, -0.1) is 0 Å². The van der Waals surface area contributed by atoms with Crippen molar-refractivity contribution in [3.63, 3.8) is 0 Å². The van der Waals surface area contributed by atoms with Crippen molar-refractivity contribution in [2.75, 3.05) is 10.8 Å². The van der Waals surface area contributed by atoms with E-state index in [0.29, 0.717) is 18.0 Å². The second-order valence-corrected chi connectivity index (χ2v) is 7.11. The van der Waals surface area contributed by atoms with Crippen LogP contribution in [0.1, 0.15) is 16.7 Å². The van der Waals surface area contributed by atoms with Gasteiger partial charge in [-0.1, -0.05) is 24.3 Å². The third-order valence-corrected chi connectivity index (χ3v) is 5.78. The maximum absolute atomic E-state index is 12.8. The monoisotopic (exact) mass is 302 g/mol. The minimum Gasteiger partial charge on any atom is -0.326 e. The van der Waals surface area contributed by atoms with Gasteiger partial charge in [0.25, 0.3) is 10.0 Å². The zero-order valence-electron chi connectivity index (χ0n) is 11.9. The van der Waals surface area contributed by atoms with Gasteiger partial charge in [0.1, 0.15) is 0 Å². The fourth-order valence-electron chi connectivity index (χ4n) is 2.74. The van der Waals surface area contributed by atoms with E-state index >= 15 is 0 Å². The molecule has 0 fully saturated rings. The van der Waals surface area contributed by atoms with E-state index in [0.717, 1.165) is 28.8 Å². The Morgan fingerprint density at radius 2 is 1.95 bits per heavy atom. The molecule has 5 heteroatoms.